The summed E-state index contributed by atoms with van der Waals surface area (Å²) >= 11 is 0. The van der Waals surface area contributed by atoms with Gasteiger partial charge in [-0.05, 0) is 37.0 Å². The van der Waals surface area contributed by atoms with E-state index in [9.17, 15) is 4.39 Å². The van der Waals surface area contributed by atoms with E-state index < -0.39 is 0 Å². The molecular formula is C11H16FNO. The standard InChI is InChI=1S/C11H16FNO/c1-8(13)7-10-9(5-6-14)3-2-4-11(10)12/h2-4,8,14H,5-7,13H2,1H3. The van der Waals surface area contributed by atoms with Crippen molar-refractivity contribution in [2.45, 2.75) is 25.8 Å². The fourth-order valence-electron chi connectivity index (χ4n) is 1.51. The lowest BCUT2D eigenvalue weighted by molar-refractivity contribution is 0.299. The first-order valence-electron chi connectivity index (χ1n) is 4.78. The van der Waals surface area contributed by atoms with Crippen molar-refractivity contribution in [3.63, 3.8) is 0 Å². The van der Waals surface area contributed by atoms with E-state index in [-0.39, 0.29) is 18.5 Å². The van der Waals surface area contributed by atoms with E-state index in [4.69, 9.17) is 10.8 Å². The van der Waals surface area contributed by atoms with Gasteiger partial charge in [0, 0.05) is 12.6 Å². The smallest absolute Gasteiger partial charge is 0.126 e. The van der Waals surface area contributed by atoms with E-state index in [2.05, 4.69) is 0 Å². The first kappa shape index (κ1) is 11.1. The third-order valence-corrected chi connectivity index (χ3v) is 2.12. The Morgan fingerprint density at radius 1 is 1.50 bits per heavy atom. The number of rotatable bonds is 4. The van der Waals surface area contributed by atoms with Gasteiger partial charge in [0.1, 0.15) is 5.82 Å². The van der Waals surface area contributed by atoms with Gasteiger partial charge < -0.3 is 10.8 Å². The summed E-state index contributed by atoms with van der Waals surface area (Å²) in [5, 5.41) is 8.82. The number of benzene rings is 1. The van der Waals surface area contributed by atoms with Crippen molar-refractivity contribution in [3.8, 4) is 0 Å². The quantitative estimate of drug-likeness (QED) is 0.763. The van der Waals surface area contributed by atoms with Gasteiger partial charge in [0.05, 0.1) is 0 Å². The van der Waals surface area contributed by atoms with E-state index in [1.54, 1.807) is 6.07 Å². The SMILES string of the molecule is CC(N)Cc1c(F)cccc1CCO. The second kappa shape index (κ2) is 5.08. The van der Waals surface area contributed by atoms with Crippen LogP contribution in [0.3, 0.4) is 0 Å². The third kappa shape index (κ3) is 2.79. The van der Waals surface area contributed by atoms with Crippen LogP contribution in [0.25, 0.3) is 0 Å². The van der Waals surface area contributed by atoms with Gasteiger partial charge in [-0.1, -0.05) is 12.1 Å². The van der Waals surface area contributed by atoms with Crippen LogP contribution in [0.4, 0.5) is 4.39 Å². The first-order valence-corrected chi connectivity index (χ1v) is 4.78. The molecule has 0 heterocycles. The largest absolute Gasteiger partial charge is 0.396 e. The number of aliphatic hydroxyl groups excluding tert-OH is 1. The average Bonchev–Trinajstić information content (AvgIpc) is 2.11. The minimum atomic E-state index is -0.228. The second-order valence-corrected chi connectivity index (χ2v) is 3.53. The van der Waals surface area contributed by atoms with Gasteiger partial charge in [-0.2, -0.15) is 0 Å². The fourth-order valence-corrected chi connectivity index (χ4v) is 1.51. The molecule has 2 nitrogen and oxygen atoms in total. The van der Waals surface area contributed by atoms with Gasteiger partial charge in [0.15, 0.2) is 0 Å². The van der Waals surface area contributed by atoms with Crippen molar-refractivity contribution in [2.75, 3.05) is 6.61 Å². The zero-order chi connectivity index (χ0) is 10.6. The summed E-state index contributed by atoms with van der Waals surface area (Å²) in [6, 6.07) is 4.85. The summed E-state index contributed by atoms with van der Waals surface area (Å²) in [6.45, 7) is 1.88. The van der Waals surface area contributed by atoms with Crippen LogP contribution in [0, 0.1) is 5.82 Å². The Labute approximate surface area is 83.6 Å². The van der Waals surface area contributed by atoms with Crippen LogP contribution < -0.4 is 5.73 Å². The topological polar surface area (TPSA) is 46.2 Å². The number of hydrogen-bond donors (Lipinski definition) is 2. The molecule has 0 aliphatic rings. The van der Waals surface area contributed by atoms with Crippen LogP contribution in [0.2, 0.25) is 0 Å². The molecule has 0 aliphatic carbocycles. The summed E-state index contributed by atoms with van der Waals surface area (Å²) < 4.78 is 13.4. The highest BCUT2D eigenvalue weighted by Gasteiger charge is 2.09. The van der Waals surface area contributed by atoms with Gasteiger partial charge in [0.25, 0.3) is 0 Å². The molecule has 3 heteroatoms. The van der Waals surface area contributed by atoms with Crippen molar-refractivity contribution >= 4 is 0 Å². The van der Waals surface area contributed by atoms with Crippen molar-refractivity contribution in [1.82, 2.24) is 0 Å². The average molecular weight is 197 g/mol. The Morgan fingerprint density at radius 3 is 2.79 bits per heavy atom. The van der Waals surface area contributed by atoms with Crippen LogP contribution in [-0.2, 0) is 12.8 Å². The molecule has 1 rings (SSSR count). The van der Waals surface area contributed by atoms with Crippen LogP contribution in [0.5, 0.6) is 0 Å². The van der Waals surface area contributed by atoms with Crippen molar-refractivity contribution < 1.29 is 9.50 Å². The number of hydrogen-bond acceptors (Lipinski definition) is 2. The predicted molar refractivity (Wildman–Crippen MR) is 54.5 cm³/mol. The summed E-state index contributed by atoms with van der Waals surface area (Å²) in [6.07, 6.45) is 1.00. The van der Waals surface area contributed by atoms with Crippen LogP contribution >= 0.6 is 0 Å². The lowest BCUT2D eigenvalue weighted by Gasteiger charge is -2.11. The maximum absolute atomic E-state index is 13.4. The highest BCUT2D eigenvalue weighted by atomic mass is 19.1. The Morgan fingerprint density at radius 2 is 2.21 bits per heavy atom. The minimum absolute atomic E-state index is 0.0371. The number of nitrogens with two attached hydrogens (primary N) is 1. The molecule has 0 saturated carbocycles. The molecule has 1 aromatic rings. The maximum atomic E-state index is 13.4. The Bertz CT molecular complexity index is 299. The Hall–Kier alpha value is -0.930. The molecule has 78 valence electrons. The molecule has 1 unspecified atom stereocenters. The van der Waals surface area contributed by atoms with Crippen molar-refractivity contribution in [1.29, 1.82) is 0 Å². The van der Waals surface area contributed by atoms with E-state index in [1.807, 2.05) is 13.0 Å². The molecule has 0 radical (unpaired) electrons. The summed E-state index contributed by atoms with van der Waals surface area (Å²) in [7, 11) is 0. The molecule has 0 aromatic heterocycles. The lowest BCUT2D eigenvalue weighted by atomic mass is 9.99. The zero-order valence-corrected chi connectivity index (χ0v) is 8.33. The first-order chi connectivity index (χ1) is 6.65. The molecule has 0 spiro atoms. The van der Waals surface area contributed by atoms with E-state index in [0.29, 0.717) is 18.4 Å². The van der Waals surface area contributed by atoms with Crippen molar-refractivity contribution in [2.24, 2.45) is 5.73 Å². The van der Waals surface area contributed by atoms with Crippen molar-refractivity contribution in [3.05, 3.63) is 35.1 Å². The maximum Gasteiger partial charge on any atom is 0.126 e. The zero-order valence-electron chi connectivity index (χ0n) is 8.33. The van der Waals surface area contributed by atoms with Gasteiger partial charge >= 0.3 is 0 Å². The molecule has 0 saturated heterocycles. The fraction of sp³-hybridized carbons (Fsp3) is 0.455. The normalized spacial score (nSPS) is 12.9. The van der Waals surface area contributed by atoms with Gasteiger partial charge in [-0.15, -0.1) is 0 Å². The molecule has 1 aromatic carbocycles. The molecule has 0 amide bonds. The van der Waals surface area contributed by atoms with Crippen LogP contribution in [0.1, 0.15) is 18.1 Å². The summed E-state index contributed by atoms with van der Waals surface area (Å²) in [4.78, 5) is 0. The molecule has 0 fully saturated rings. The monoisotopic (exact) mass is 197 g/mol. The predicted octanol–water partition coefficient (Wildman–Crippen LogP) is 1.25. The lowest BCUT2D eigenvalue weighted by Crippen LogP contribution is -2.19. The number of halogens is 1. The van der Waals surface area contributed by atoms with E-state index in [0.717, 1.165) is 5.56 Å². The van der Waals surface area contributed by atoms with E-state index >= 15 is 0 Å². The highest BCUT2D eigenvalue weighted by molar-refractivity contribution is 5.29. The van der Waals surface area contributed by atoms with Gasteiger partial charge in [-0.25, -0.2) is 4.39 Å². The Kier molecular flexibility index (Phi) is 4.04. The molecule has 3 N–H and O–H groups in total. The molecule has 0 bridgehead atoms. The molecule has 1 atom stereocenters. The van der Waals surface area contributed by atoms with Crippen LogP contribution in [-0.4, -0.2) is 17.8 Å². The summed E-state index contributed by atoms with van der Waals surface area (Å²) in [5.41, 5.74) is 7.12. The number of aliphatic hydroxyl groups is 1. The molecule has 0 aliphatic heterocycles. The van der Waals surface area contributed by atoms with Gasteiger partial charge in [-0.3, -0.25) is 0 Å². The second-order valence-electron chi connectivity index (χ2n) is 3.53. The Balaban J connectivity index is 2.96. The molecule has 14 heavy (non-hydrogen) atoms. The minimum Gasteiger partial charge on any atom is -0.396 e. The molecular weight excluding hydrogens is 181 g/mol. The van der Waals surface area contributed by atoms with E-state index in [1.165, 1.54) is 6.07 Å². The van der Waals surface area contributed by atoms with Gasteiger partial charge in [0.2, 0.25) is 0 Å². The third-order valence-electron chi connectivity index (χ3n) is 2.12. The summed E-state index contributed by atoms with van der Waals surface area (Å²) in [5.74, 6) is -0.228. The van der Waals surface area contributed by atoms with Crippen LogP contribution in [0.15, 0.2) is 18.2 Å². The highest BCUT2D eigenvalue weighted by Crippen LogP contribution is 2.15.